The second-order valence-corrected chi connectivity index (χ2v) is 4.43. The van der Waals surface area contributed by atoms with E-state index in [-0.39, 0.29) is 11.8 Å². The van der Waals surface area contributed by atoms with E-state index in [1.165, 1.54) is 12.4 Å². The molecule has 0 aliphatic heterocycles. The molecule has 6 nitrogen and oxygen atoms in total. The molecule has 0 bridgehead atoms. The molecule has 0 radical (unpaired) electrons. The van der Waals surface area contributed by atoms with Gasteiger partial charge in [-0.05, 0) is 32.4 Å². The Kier molecular flexibility index (Phi) is 7.71. The Morgan fingerprint density at radius 3 is 2.71 bits per heavy atom. The highest BCUT2D eigenvalue weighted by Gasteiger charge is 2.08. The first-order valence-electron chi connectivity index (χ1n) is 7.17. The minimum Gasteiger partial charge on any atom is -0.353 e. The minimum atomic E-state index is -0.191. The average Bonchev–Trinajstić information content (AvgIpc) is 2.52. The fourth-order valence-corrected chi connectivity index (χ4v) is 1.81. The molecule has 0 aromatic carbocycles. The van der Waals surface area contributed by atoms with Gasteiger partial charge in [-0.15, -0.1) is 0 Å². The maximum Gasteiger partial charge on any atom is 0.244 e. The fourth-order valence-electron chi connectivity index (χ4n) is 1.81. The van der Waals surface area contributed by atoms with E-state index >= 15 is 0 Å². The van der Waals surface area contributed by atoms with Gasteiger partial charge in [-0.1, -0.05) is 0 Å². The summed E-state index contributed by atoms with van der Waals surface area (Å²) in [7, 11) is 0. The highest BCUT2D eigenvalue weighted by molar-refractivity contribution is 5.91. The van der Waals surface area contributed by atoms with Crippen molar-refractivity contribution in [1.29, 1.82) is 0 Å². The van der Waals surface area contributed by atoms with Gasteiger partial charge in [-0.3, -0.25) is 9.59 Å². The van der Waals surface area contributed by atoms with Crippen LogP contribution in [0.25, 0.3) is 6.08 Å². The highest BCUT2D eigenvalue weighted by Crippen LogP contribution is 1.97. The maximum atomic E-state index is 11.7. The maximum absolute atomic E-state index is 11.7. The van der Waals surface area contributed by atoms with Crippen molar-refractivity contribution >= 4 is 17.9 Å². The standard InChI is InChI=1S/C15H22N4O2/c1-3-19(4-2)15(21)6-5-10-17-14(20)8-7-13-9-11-16-12-18-13/h7-9,11-12H,3-6,10H2,1-2H3,(H,17,20). The normalized spacial score (nSPS) is 10.6. The smallest absolute Gasteiger partial charge is 0.244 e. The molecule has 21 heavy (non-hydrogen) atoms. The summed E-state index contributed by atoms with van der Waals surface area (Å²) in [4.78, 5) is 32.9. The number of amides is 2. The van der Waals surface area contributed by atoms with Crippen LogP contribution in [-0.4, -0.2) is 46.3 Å². The van der Waals surface area contributed by atoms with Crippen LogP contribution in [0.5, 0.6) is 0 Å². The van der Waals surface area contributed by atoms with Crippen LogP contribution in [0.1, 0.15) is 32.4 Å². The molecular formula is C15H22N4O2. The quantitative estimate of drug-likeness (QED) is 0.577. The van der Waals surface area contributed by atoms with E-state index < -0.39 is 0 Å². The van der Waals surface area contributed by atoms with Gasteiger partial charge in [0.2, 0.25) is 11.8 Å². The summed E-state index contributed by atoms with van der Waals surface area (Å²) in [5.41, 5.74) is 0.678. The lowest BCUT2D eigenvalue weighted by Crippen LogP contribution is -2.31. The lowest BCUT2D eigenvalue weighted by Gasteiger charge is -2.18. The molecule has 0 saturated heterocycles. The van der Waals surface area contributed by atoms with E-state index in [0.717, 1.165) is 13.1 Å². The molecular weight excluding hydrogens is 268 g/mol. The number of nitrogens with zero attached hydrogens (tertiary/aromatic N) is 3. The fraction of sp³-hybridized carbons (Fsp3) is 0.467. The Morgan fingerprint density at radius 2 is 2.10 bits per heavy atom. The average molecular weight is 290 g/mol. The Bertz CT molecular complexity index is 470. The van der Waals surface area contributed by atoms with Crippen LogP contribution in [0.2, 0.25) is 0 Å². The number of nitrogens with one attached hydrogen (secondary N) is 1. The molecule has 0 saturated carbocycles. The number of hydrogen-bond donors (Lipinski definition) is 1. The molecule has 0 unspecified atom stereocenters. The van der Waals surface area contributed by atoms with Crippen molar-refractivity contribution in [2.24, 2.45) is 0 Å². The zero-order valence-corrected chi connectivity index (χ0v) is 12.6. The summed E-state index contributed by atoms with van der Waals surface area (Å²) < 4.78 is 0. The van der Waals surface area contributed by atoms with E-state index in [1.807, 2.05) is 13.8 Å². The molecule has 6 heteroatoms. The molecule has 1 aromatic heterocycles. The van der Waals surface area contributed by atoms with Gasteiger partial charge in [-0.25, -0.2) is 9.97 Å². The zero-order chi connectivity index (χ0) is 15.5. The summed E-state index contributed by atoms with van der Waals surface area (Å²) in [6, 6.07) is 1.71. The Morgan fingerprint density at radius 1 is 1.33 bits per heavy atom. The minimum absolute atomic E-state index is 0.130. The molecule has 0 spiro atoms. The van der Waals surface area contributed by atoms with Crippen molar-refractivity contribution in [2.75, 3.05) is 19.6 Å². The van der Waals surface area contributed by atoms with Gasteiger partial charge in [-0.2, -0.15) is 0 Å². The lowest BCUT2D eigenvalue weighted by atomic mass is 10.2. The molecule has 1 N–H and O–H groups in total. The summed E-state index contributed by atoms with van der Waals surface area (Å²) in [6.45, 7) is 5.86. The first-order valence-corrected chi connectivity index (χ1v) is 7.17. The molecule has 1 heterocycles. The van der Waals surface area contributed by atoms with E-state index in [9.17, 15) is 9.59 Å². The van der Waals surface area contributed by atoms with Gasteiger partial charge in [0.05, 0.1) is 5.69 Å². The van der Waals surface area contributed by atoms with Gasteiger partial charge >= 0.3 is 0 Å². The molecule has 0 fully saturated rings. The van der Waals surface area contributed by atoms with Crippen LogP contribution in [0.4, 0.5) is 0 Å². The third-order valence-electron chi connectivity index (χ3n) is 2.99. The molecule has 114 valence electrons. The summed E-state index contributed by atoms with van der Waals surface area (Å²) in [6.07, 6.45) is 7.19. The third-order valence-corrected chi connectivity index (χ3v) is 2.99. The third kappa shape index (κ3) is 6.65. The summed E-state index contributed by atoms with van der Waals surface area (Å²) in [5.74, 6) is -0.0605. The van der Waals surface area contributed by atoms with Gasteiger partial charge in [0.1, 0.15) is 6.33 Å². The van der Waals surface area contributed by atoms with Crippen molar-refractivity contribution in [3.63, 3.8) is 0 Å². The van der Waals surface area contributed by atoms with Crippen LogP contribution in [0, 0.1) is 0 Å². The number of rotatable bonds is 8. The number of carbonyl (C=O) groups is 2. The lowest BCUT2D eigenvalue weighted by molar-refractivity contribution is -0.131. The Balaban J connectivity index is 2.22. The van der Waals surface area contributed by atoms with Crippen LogP contribution < -0.4 is 5.32 Å². The van der Waals surface area contributed by atoms with Crippen molar-refractivity contribution in [3.05, 3.63) is 30.4 Å². The van der Waals surface area contributed by atoms with Crippen molar-refractivity contribution < 1.29 is 9.59 Å². The monoisotopic (exact) mass is 290 g/mol. The number of carbonyl (C=O) groups excluding carboxylic acids is 2. The van der Waals surface area contributed by atoms with E-state index in [1.54, 1.807) is 23.2 Å². The second kappa shape index (κ2) is 9.63. The topological polar surface area (TPSA) is 75.2 Å². The van der Waals surface area contributed by atoms with Gasteiger partial charge in [0.25, 0.3) is 0 Å². The van der Waals surface area contributed by atoms with Crippen molar-refractivity contribution in [1.82, 2.24) is 20.2 Å². The summed E-state index contributed by atoms with van der Waals surface area (Å²) in [5, 5.41) is 2.74. The second-order valence-electron chi connectivity index (χ2n) is 4.43. The first-order chi connectivity index (χ1) is 10.2. The molecule has 0 aliphatic rings. The van der Waals surface area contributed by atoms with Crippen molar-refractivity contribution in [2.45, 2.75) is 26.7 Å². The van der Waals surface area contributed by atoms with Gasteiger partial charge < -0.3 is 10.2 Å². The van der Waals surface area contributed by atoms with Crippen molar-refractivity contribution in [3.8, 4) is 0 Å². The first kappa shape index (κ1) is 16.8. The van der Waals surface area contributed by atoms with Crippen LogP contribution in [0.3, 0.4) is 0 Å². The zero-order valence-electron chi connectivity index (χ0n) is 12.6. The van der Waals surface area contributed by atoms with Crippen LogP contribution in [0.15, 0.2) is 24.7 Å². The molecule has 1 rings (SSSR count). The van der Waals surface area contributed by atoms with Gasteiger partial charge in [0, 0.05) is 38.3 Å². The number of aromatic nitrogens is 2. The largest absolute Gasteiger partial charge is 0.353 e. The van der Waals surface area contributed by atoms with Crippen LogP contribution >= 0.6 is 0 Å². The Hall–Kier alpha value is -2.24. The molecule has 1 aromatic rings. The molecule has 0 atom stereocenters. The number of hydrogen-bond acceptors (Lipinski definition) is 4. The molecule has 2 amide bonds. The predicted octanol–water partition coefficient (Wildman–Crippen LogP) is 1.25. The molecule has 0 aliphatic carbocycles. The van der Waals surface area contributed by atoms with E-state index in [2.05, 4.69) is 15.3 Å². The Labute approximate surface area is 125 Å². The summed E-state index contributed by atoms with van der Waals surface area (Å²) >= 11 is 0. The predicted molar refractivity (Wildman–Crippen MR) is 81.2 cm³/mol. The van der Waals surface area contributed by atoms with E-state index in [4.69, 9.17) is 0 Å². The highest BCUT2D eigenvalue weighted by atomic mass is 16.2. The van der Waals surface area contributed by atoms with Gasteiger partial charge in [0.15, 0.2) is 0 Å². The van der Waals surface area contributed by atoms with Crippen LogP contribution in [-0.2, 0) is 9.59 Å². The van der Waals surface area contributed by atoms with E-state index in [0.29, 0.717) is 25.1 Å². The SMILES string of the molecule is CCN(CC)C(=O)CCCNC(=O)C=Cc1ccncn1.